The predicted molar refractivity (Wildman–Crippen MR) is 63.8 cm³/mol. The Morgan fingerprint density at radius 2 is 2.19 bits per heavy atom. The van der Waals surface area contributed by atoms with Gasteiger partial charge in [0.15, 0.2) is 0 Å². The number of allylic oxidation sites excluding steroid dienone is 1. The third-order valence-electron chi connectivity index (χ3n) is 3.57. The lowest BCUT2D eigenvalue weighted by Gasteiger charge is -2.11. The van der Waals surface area contributed by atoms with Crippen molar-refractivity contribution in [3.8, 4) is 11.5 Å². The van der Waals surface area contributed by atoms with E-state index in [0.29, 0.717) is 18.3 Å². The fraction of sp³-hybridized carbons (Fsp3) is 0.429. The molecule has 1 unspecified atom stereocenters. The van der Waals surface area contributed by atoms with Crippen LogP contribution in [0.5, 0.6) is 11.5 Å². The first-order valence-electron chi connectivity index (χ1n) is 5.86. The van der Waals surface area contributed by atoms with E-state index in [-0.39, 0.29) is 5.92 Å². The number of benzene rings is 1. The second kappa shape index (κ2) is 3.27. The predicted octanol–water partition coefficient (Wildman–Crippen LogP) is 3.31. The van der Waals surface area contributed by atoms with E-state index >= 15 is 0 Å². The molecule has 1 saturated carbocycles. The lowest BCUT2D eigenvalue weighted by atomic mass is 9.94. The smallest absolute Gasteiger partial charge is 0.130 e. The number of ether oxygens (including phenoxy) is 1. The van der Waals surface area contributed by atoms with E-state index in [2.05, 4.69) is 13.5 Å². The van der Waals surface area contributed by atoms with Crippen molar-refractivity contribution in [3.05, 3.63) is 29.8 Å². The third kappa shape index (κ3) is 1.33. The summed E-state index contributed by atoms with van der Waals surface area (Å²) in [4.78, 5) is 0. The van der Waals surface area contributed by atoms with Gasteiger partial charge in [-0.1, -0.05) is 13.5 Å². The molecule has 0 bridgehead atoms. The summed E-state index contributed by atoms with van der Waals surface area (Å²) in [6, 6.07) is 3.90. The highest BCUT2D eigenvalue weighted by Crippen LogP contribution is 2.48. The first kappa shape index (κ1) is 9.76. The lowest BCUT2D eigenvalue weighted by Crippen LogP contribution is -1.95. The van der Waals surface area contributed by atoms with Crippen molar-refractivity contribution in [2.45, 2.75) is 25.7 Å². The highest BCUT2D eigenvalue weighted by atomic mass is 16.5. The van der Waals surface area contributed by atoms with Gasteiger partial charge in [-0.25, -0.2) is 0 Å². The topological polar surface area (TPSA) is 29.5 Å². The molecule has 84 valence electrons. The summed E-state index contributed by atoms with van der Waals surface area (Å²) >= 11 is 0. The van der Waals surface area contributed by atoms with Crippen LogP contribution >= 0.6 is 0 Å². The summed E-state index contributed by atoms with van der Waals surface area (Å²) in [6.45, 7) is 6.84. The van der Waals surface area contributed by atoms with Crippen molar-refractivity contribution in [2.24, 2.45) is 5.92 Å². The molecule has 0 saturated heterocycles. The van der Waals surface area contributed by atoms with Crippen LogP contribution in [0, 0.1) is 5.92 Å². The highest BCUT2D eigenvalue weighted by molar-refractivity contribution is 5.74. The minimum atomic E-state index is 0.280. The Labute approximate surface area is 95.6 Å². The summed E-state index contributed by atoms with van der Waals surface area (Å²) in [6.07, 6.45) is 2.42. The van der Waals surface area contributed by atoms with Crippen LogP contribution in [0.4, 0.5) is 0 Å². The largest absolute Gasteiger partial charge is 0.507 e. The van der Waals surface area contributed by atoms with Crippen LogP contribution in [-0.2, 0) is 0 Å². The van der Waals surface area contributed by atoms with Gasteiger partial charge in [0.1, 0.15) is 11.5 Å². The minimum absolute atomic E-state index is 0.280. The molecule has 1 N–H and O–H groups in total. The molecule has 1 aromatic carbocycles. The molecule has 2 nitrogen and oxygen atoms in total. The lowest BCUT2D eigenvalue weighted by molar-refractivity contribution is 0.337. The van der Waals surface area contributed by atoms with Gasteiger partial charge < -0.3 is 9.84 Å². The summed E-state index contributed by atoms with van der Waals surface area (Å²) in [5.41, 5.74) is 2.96. The van der Waals surface area contributed by atoms with Crippen molar-refractivity contribution in [3.63, 3.8) is 0 Å². The van der Waals surface area contributed by atoms with E-state index in [4.69, 9.17) is 4.74 Å². The zero-order valence-corrected chi connectivity index (χ0v) is 9.49. The van der Waals surface area contributed by atoms with Crippen molar-refractivity contribution < 1.29 is 9.84 Å². The summed E-state index contributed by atoms with van der Waals surface area (Å²) < 4.78 is 5.51. The first-order chi connectivity index (χ1) is 7.68. The molecule has 16 heavy (non-hydrogen) atoms. The molecular formula is C14H16O2. The average molecular weight is 216 g/mol. The highest BCUT2D eigenvalue weighted by Gasteiger charge is 2.30. The number of rotatable bonds is 2. The molecule has 0 amide bonds. The van der Waals surface area contributed by atoms with Crippen molar-refractivity contribution in [1.82, 2.24) is 0 Å². The van der Waals surface area contributed by atoms with Crippen molar-refractivity contribution >= 4 is 5.57 Å². The molecule has 2 heteroatoms. The molecule has 0 aromatic heterocycles. The Hall–Kier alpha value is -1.44. The van der Waals surface area contributed by atoms with Gasteiger partial charge in [0.2, 0.25) is 0 Å². The van der Waals surface area contributed by atoms with Gasteiger partial charge in [-0.3, -0.25) is 0 Å². The minimum Gasteiger partial charge on any atom is -0.507 e. The van der Waals surface area contributed by atoms with Gasteiger partial charge in [-0.05, 0) is 36.5 Å². The van der Waals surface area contributed by atoms with E-state index < -0.39 is 0 Å². The molecular weight excluding hydrogens is 200 g/mol. The van der Waals surface area contributed by atoms with E-state index in [1.54, 1.807) is 0 Å². The number of hydrogen-bond acceptors (Lipinski definition) is 2. The molecule has 1 atom stereocenters. The SMILES string of the molecule is C=C(c1ccc2c(c1O)C(C)CO2)C1CC1. The number of phenolic OH excluding ortho intramolecular Hbond substituents is 1. The van der Waals surface area contributed by atoms with Crippen LogP contribution in [0.1, 0.15) is 36.8 Å². The average Bonchev–Trinajstić information content (AvgIpc) is 3.04. The maximum absolute atomic E-state index is 10.3. The number of phenols is 1. The van der Waals surface area contributed by atoms with Crippen LogP contribution in [0.2, 0.25) is 0 Å². The van der Waals surface area contributed by atoms with Crippen LogP contribution in [0.25, 0.3) is 5.57 Å². The normalized spacial score (nSPS) is 22.7. The molecule has 1 aromatic rings. The van der Waals surface area contributed by atoms with Gasteiger partial charge in [0.25, 0.3) is 0 Å². The summed E-state index contributed by atoms with van der Waals surface area (Å²) in [5.74, 6) is 2.08. The second-order valence-corrected chi connectivity index (χ2v) is 4.89. The molecule has 2 aliphatic rings. The van der Waals surface area contributed by atoms with Gasteiger partial charge in [0, 0.05) is 17.0 Å². The van der Waals surface area contributed by atoms with E-state index in [0.717, 1.165) is 22.4 Å². The molecule has 1 fully saturated rings. The van der Waals surface area contributed by atoms with E-state index in [9.17, 15) is 5.11 Å². The van der Waals surface area contributed by atoms with Gasteiger partial charge in [-0.2, -0.15) is 0 Å². The Bertz CT molecular complexity index is 458. The molecule has 1 aliphatic carbocycles. The van der Waals surface area contributed by atoms with Gasteiger partial charge in [-0.15, -0.1) is 0 Å². The second-order valence-electron chi connectivity index (χ2n) is 4.89. The van der Waals surface area contributed by atoms with Crippen LogP contribution in [0.15, 0.2) is 18.7 Å². The van der Waals surface area contributed by atoms with Crippen LogP contribution < -0.4 is 4.74 Å². The molecule has 1 aliphatic heterocycles. The van der Waals surface area contributed by atoms with Crippen molar-refractivity contribution in [1.29, 1.82) is 0 Å². The summed E-state index contributed by atoms with van der Waals surface area (Å²) in [7, 11) is 0. The number of aromatic hydroxyl groups is 1. The number of hydrogen-bond donors (Lipinski definition) is 1. The van der Waals surface area contributed by atoms with Crippen molar-refractivity contribution in [2.75, 3.05) is 6.61 Å². The quantitative estimate of drug-likeness (QED) is 0.821. The van der Waals surface area contributed by atoms with E-state index in [1.807, 2.05) is 12.1 Å². The van der Waals surface area contributed by atoms with Crippen LogP contribution in [-0.4, -0.2) is 11.7 Å². The Morgan fingerprint density at radius 1 is 1.44 bits per heavy atom. The van der Waals surface area contributed by atoms with Crippen LogP contribution in [0.3, 0.4) is 0 Å². The summed E-state index contributed by atoms with van der Waals surface area (Å²) in [5, 5.41) is 10.3. The maximum Gasteiger partial charge on any atom is 0.130 e. The fourth-order valence-corrected chi connectivity index (χ4v) is 2.40. The first-order valence-corrected chi connectivity index (χ1v) is 5.86. The Balaban J connectivity index is 2.07. The van der Waals surface area contributed by atoms with E-state index in [1.165, 1.54) is 12.8 Å². The van der Waals surface area contributed by atoms with Gasteiger partial charge >= 0.3 is 0 Å². The third-order valence-corrected chi connectivity index (χ3v) is 3.57. The molecule has 3 rings (SSSR count). The maximum atomic E-state index is 10.3. The zero-order valence-electron chi connectivity index (χ0n) is 9.49. The van der Waals surface area contributed by atoms with Gasteiger partial charge in [0.05, 0.1) is 6.61 Å². The number of fused-ring (bicyclic) bond motifs is 1. The molecule has 1 heterocycles. The standard InChI is InChI=1S/C14H16O2/c1-8-7-16-12-6-5-11(14(15)13(8)12)9(2)10-3-4-10/h5-6,8,10,15H,2-4,7H2,1H3. The fourth-order valence-electron chi connectivity index (χ4n) is 2.40. The zero-order chi connectivity index (χ0) is 11.3. The monoisotopic (exact) mass is 216 g/mol. The molecule has 0 radical (unpaired) electrons. The molecule has 0 spiro atoms. The Morgan fingerprint density at radius 3 is 2.88 bits per heavy atom. The Kier molecular flexibility index (Phi) is 2.00.